The number of nitrogens with zero attached hydrogens (tertiary/aromatic N) is 1. The van der Waals surface area contributed by atoms with Crippen LogP contribution in [0.4, 0.5) is 11.4 Å². The highest BCUT2D eigenvalue weighted by Crippen LogP contribution is 2.28. The van der Waals surface area contributed by atoms with Gasteiger partial charge in [0.15, 0.2) is 6.61 Å². The molecule has 4 aromatic rings. The number of hydrogen-bond donors (Lipinski definition) is 1. The molecule has 0 radical (unpaired) electrons. The van der Waals surface area contributed by atoms with Crippen LogP contribution in [0, 0.1) is 20.8 Å². The molecular formula is C30H30N2O4S. The summed E-state index contributed by atoms with van der Waals surface area (Å²) in [5, 5.41) is 2.86. The van der Waals surface area contributed by atoms with Crippen molar-refractivity contribution in [3.63, 3.8) is 0 Å². The molecule has 7 heteroatoms. The Kier molecular flexibility index (Phi) is 7.94. The molecule has 0 bridgehead atoms. The molecule has 1 N–H and O–H groups in total. The van der Waals surface area contributed by atoms with E-state index in [1.54, 1.807) is 48.5 Å². The molecule has 0 aliphatic carbocycles. The second kappa shape index (κ2) is 11.3. The first-order valence-corrected chi connectivity index (χ1v) is 13.4. The van der Waals surface area contributed by atoms with E-state index in [2.05, 4.69) is 5.32 Å². The summed E-state index contributed by atoms with van der Waals surface area (Å²) in [5.41, 5.74) is 5.19. The van der Waals surface area contributed by atoms with Crippen LogP contribution >= 0.6 is 0 Å². The molecule has 0 saturated carbocycles. The van der Waals surface area contributed by atoms with Crippen molar-refractivity contribution in [2.45, 2.75) is 32.2 Å². The summed E-state index contributed by atoms with van der Waals surface area (Å²) in [6.45, 7) is 5.86. The number of carbonyl (C=O) groups is 1. The van der Waals surface area contributed by atoms with Gasteiger partial charge in [-0.25, -0.2) is 8.42 Å². The predicted molar refractivity (Wildman–Crippen MR) is 147 cm³/mol. The Morgan fingerprint density at radius 2 is 1.46 bits per heavy atom. The third-order valence-corrected chi connectivity index (χ3v) is 7.72. The molecule has 0 spiro atoms. The van der Waals surface area contributed by atoms with Crippen molar-refractivity contribution < 1.29 is 17.9 Å². The molecule has 0 aromatic heterocycles. The van der Waals surface area contributed by atoms with E-state index in [1.165, 1.54) is 4.31 Å². The van der Waals surface area contributed by atoms with Crippen molar-refractivity contribution in [2.75, 3.05) is 16.2 Å². The van der Waals surface area contributed by atoms with Crippen LogP contribution in [0.2, 0.25) is 0 Å². The van der Waals surface area contributed by atoms with Gasteiger partial charge in [0.1, 0.15) is 5.75 Å². The molecule has 0 aliphatic heterocycles. The maximum absolute atomic E-state index is 13.6. The number of amides is 1. The number of ether oxygens (including phenoxy) is 1. The summed E-state index contributed by atoms with van der Waals surface area (Å²) >= 11 is 0. The van der Waals surface area contributed by atoms with Gasteiger partial charge in [-0.3, -0.25) is 9.10 Å². The maximum atomic E-state index is 13.6. The zero-order valence-corrected chi connectivity index (χ0v) is 22.0. The molecular weight excluding hydrogens is 484 g/mol. The second-order valence-electron chi connectivity index (χ2n) is 8.96. The molecule has 37 heavy (non-hydrogen) atoms. The van der Waals surface area contributed by atoms with Crippen LogP contribution < -0.4 is 14.4 Å². The van der Waals surface area contributed by atoms with E-state index in [1.807, 2.05) is 69.3 Å². The van der Waals surface area contributed by atoms with E-state index in [0.29, 0.717) is 11.4 Å². The van der Waals surface area contributed by atoms with Crippen molar-refractivity contribution in [3.8, 4) is 5.75 Å². The molecule has 0 atom stereocenters. The Balaban J connectivity index is 1.50. The quantitative estimate of drug-likeness (QED) is 0.296. The lowest BCUT2D eigenvalue weighted by atomic mass is 10.1. The molecule has 0 aliphatic rings. The van der Waals surface area contributed by atoms with Gasteiger partial charge >= 0.3 is 0 Å². The number of carbonyl (C=O) groups excluding carboxylic acids is 1. The van der Waals surface area contributed by atoms with Gasteiger partial charge < -0.3 is 10.1 Å². The zero-order valence-electron chi connectivity index (χ0n) is 21.1. The van der Waals surface area contributed by atoms with Crippen LogP contribution in [0.5, 0.6) is 5.75 Å². The number of hydrogen-bond acceptors (Lipinski definition) is 4. The number of nitrogens with one attached hydrogen (secondary N) is 1. The molecule has 0 fully saturated rings. The van der Waals surface area contributed by atoms with Crippen LogP contribution in [0.15, 0.2) is 102 Å². The van der Waals surface area contributed by atoms with Gasteiger partial charge in [-0.15, -0.1) is 0 Å². The molecule has 0 heterocycles. The fourth-order valence-electron chi connectivity index (χ4n) is 3.90. The van der Waals surface area contributed by atoms with Crippen molar-refractivity contribution >= 4 is 27.3 Å². The first-order valence-electron chi connectivity index (χ1n) is 12.0. The topological polar surface area (TPSA) is 75.7 Å². The van der Waals surface area contributed by atoms with Crippen molar-refractivity contribution in [1.29, 1.82) is 0 Å². The summed E-state index contributed by atoms with van der Waals surface area (Å²) < 4.78 is 34.3. The number of benzene rings is 4. The molecule has 0 unspecified atom stereocenters. The van der Waals surface area contributed by atoms with Crippen LogP contribution in [-0.2, 0) is 21.4 Å². The summed E-state index contributed by atoms with van der Waals surface area (Å²) in [5.74, 6) is 0.190. The lowest BCUT2D eigenvalue weighted by molar-refractivity contribution is -0.118. The van der Waals surface area contributed by atoms with E-state index in [-0.39, 0.29) is 24.0 Å². The van der Waals surface area contributed by atoms with E-state index in [4.69, 9.17) is 4.74 Å². The first-order chi connectivity index (χ1) is 17.7. The Hall–Kier alpha value is -4.10. The van der Waals surface area contributed by atoms with Gasteiger partial charge in [-0.05, 0) is 74.4 Å². The van der Waals surface area contributed by atoms with Gasteiger partial charge in [0, 0.05) is 5.69 Å². The highest BCUT2D eigenvalue weighted by Gasteiger charge is 2.25. The fraction of sp³-hybridized carbons (Fsp3) is 0.167. The Morgan fingerprint density at radius 3 is 2.11 bits per heavy atom. The van der Waals surface area contributed by atoms with E-state index < -0.39 is 10.0 Å². The normalized spacial score (nSPS) is 11.1. The molecule has 0 saturated heterocycles. The molecule has 6 nitrogen and oxygen atoms in total. The van der Waals surface area contributed by atoms with Gasteiger partial charge in [0.25, 0.3) is 15.9 Å². The Morgan fingerprint density at radius 1 is 0.811 bits per heavy atom. The lowest BCUT2D eigenvalue weighted by Gasteiger charge is -2.25. The number of sulfonamides is 1. The van der Waals surface area contributed by atoms with E-state index in [9.17, 15) is 13.2 Å². The number of aryl methyl sites for hydroxylation is 3. The van der Waals surface area contributed by atoms with E-state index >= 15 is 0 Å². The molecule has 4 rings (SSSR count). The Labute approximate surface area is 218 Å². The third-order valence-electron chi connectivity index (χ3n) is 5.93. The smallest absolute Gasteiger partial charge is 0.264 e. The summed E-state index contributed by atoms with van der Waals surface area (Å²) in [7, 11) is -3.82. The Bertz CT molecular complexity index is 1470. The second-order valence-corrected chi connectivity index (χ2v) is 10.8. The van der Waals surface area contributed by atoms with E-state index in [0.717, 1.165) is 27.9 Å². The van der Waals surface area contributed by atoms with Gasteiger partial charge in [-0.2, -0.15) is 0 Å². The highest BCUT2D eigenvalue weighted by atomic mass is 32.2. The van der Waals surface area contributed by atoms with Gasteiger partial charge in [0.05, 0.1) is 17.1 Å². The predicted octanol–water partition coefficient (Wildman–Crippen LogP) is 6.02. The fourth-order valence-corrected chi connectivity index (χ4v) is 5.35. The summed E-state index contributed by atoms with van der Waals surface area (Å²) in [6.07, 6.45) is 0. The first kappa shape index (κ1) is 26.0. The van der Waals surface area contributed by atoms with Crippen LogP contribution in [0.25, 0.3) is 0 Å². The molecule has 190 valence electrons. The third kappa shape index (κ3) is 6.57. The summed E-state index contributed by atoms with van der Waals surface area (Å²) in [4.78, 5) is 12.6. The standard InChI is InChI=1S/C30H30N2O4S/c1-22-9-16-28(17-10-22)37(34,35)32(20-25-7-5-4-6-8-25)26-12-14-27(15-13-26)36-21-30(33)31-29-18-11-23(2)19-24(29)3/h4-19H,20-21H2,1-3H3,(H,31,33). The van der Waals surface area contributed by atoms with Crippen LogP contribution in [0.3, 0.4) is 0 Å². The molecule has 1 amide bonds. The number of rotatable bonds is 9. The minimum Gasteiger partial charge on any atom is -0.484 e. The average Bonchev–Trinajstić information content (AvgIpc) is 2.89. The van der Waals surface area contributed by atoms with Crippen molar-refractivity contribution in [3.05, 3.63) is 119 Å². The van der Waals surface area contributed by atoms with Crippen molar-refractivity contribution in [2.24, 2.45) is 0 Å². The molecule has 4 aromatic carbocycles. The lowest BCUT2D eigenvalue weighted by Crippen LogP contribution is -2.30. The zero-order chi connectivity index (χ0) is 26.4. The minimum atomic E-state index is -3.82. The van der Waals surface area contributed by atoms with Crippen LogP contribution in [0.1, 0.15) is 22.3 Å². The SMILES string of the molecule is Cc1ccc(S(=O)(=O)N(Cc2ccccc2)c2ccc(OCC(=O)Nc3ccc(C)cc3C)cc2)cc1. The van der Waals surface area contributed by atoms with Crippen LogP contribution in [-0.4, -0.2) is 20.9 Å². The monoisotopic (exact) mass is 514 g/mol. The largest absolute Gasteiger partial charge is 0.484 e. The highest BCUT2D eigenvalue weighted by molar-refractivity contribution is 7.92. The van der Waals surface area contributed by atoms with Gasteiger partial charge in [-0.1, -0.05) is 65.7 Å². The summed E-state index contributed by atoms with van der Waals surface area (Å²) in [6, 6.07) is 28.8. The number of anilines is 2. The van der Waals surface area contributed by atoms with Crippen molar-refractivity contribution in [1.82, 2.24) is 0 Å². The average molecular weight is 515 g/mol. The minimum absolute atomic E-state index is 0.165. The maximum Gasteiger partial charge on any atom is 0.264 e. The van der Waals surface area contributed by atoms with Gasteiger partial charge in [0.2, 0.25) is 0 Å².